The van der Waals surface area contributed by atoms with E-state index in [1.54, 1.807) is 12.1 Å². The number of nitrogen functional groups attached to an aromatic ring is 1. The smallest absolute Gasteiger partial charge is 0.226 e. The first kappa shape index (κ1) is 12.5. The second kappa shape index (κ2) is 6.10. The molecule has 1 heterocycles. The molecule has 0 saturated heterocycles. The lowest BCUT2D eigenvalue weighted by molar-refractivity contribution is -0.131. The van der Waals surface area contributed by atoms with Crippen LogP contribution in [0.25, 0.3) is 0 Å². The largest absolute Gasteiger partial charge is 0.493 e. The van der Waals surface area contributed by atoms with E-state index in [0.717, 1.165) is 25.3 Å². The van der Waals surface area contributed by atoms with E-state index in [0.29, 0.717) is 18.7 Å². The first-order valence-corrected chi connectivity index (χ1v) is 6.17. The van der Waals surface area contributed by atoms with Gasteiger partial charge in [-0.05, 0) is 30.7 Å². The third-order valence-corrected chi connectivity index (χ3v) is 2.88. The number of carbonyl (C=O) groups is 1. The van der Waals surface area contributed by atoms with Crippen molar-refractivity contribution in [3.8, 4) is 5.75 Å². The lowest BCUT2D eigenvalue weighted by Gasteiger charge is -2.23. The summed E-state index contributed by atoms with van der Waals surface area (Å²) in [5.41, 5.74) is 6.29. The van der Waals surface area contributed by atoms with Crippen LogP contribution in [-0.2, 0) is 4.79 Å². The number of hydrogen-bond donors (Lipinski definition) is 1. The van der Waals surface area contributed by atoms with Crippen LogP contribution in [0.4, 0.5) is 5.69 Å². The van der Waals surface area contributed by atoms with Gasteiger partial charge in [0.15, 0.2) is 0 Å². The minimum atomic E-state index is 0.148. The second-order valence-corrected chi connectivity index (χ2v) is 4.27. The number of rotatable bonds is 4. The second-order valence-electron chi connectivity index (χ2n) is 4.27. The van der Waals surface area contributed by atoms with Crippen LogP contribution in [0.2, 0.25) is 0 Å². The molecule has 0 bridgehead atoms. The maximum Gasteiger partial charge on any atom is 0.226 e. The highest BCUT2D eigenvalue weighted by atomic mass is 16.5. The number of benzene rings is 1. The molecule has 1 aliphatic rings. The fourth-order valence-electron chi connectivity index (χ4n) is 1.85. The predicted octanol–water partition coefficient (Wildman–Crippen LogP) is 1.83. The Hall–Kier alpha value is -1.97. The Kier molecular flexibility index (Phi) is 4.23. The van der Waals surface area contributed by atoms with Crippen molar-refractivity contribution in [3.05, 3.63) is 36.4 Å². The third kappa shape index (κ3) is 3.52. The van der Waals surface area contributed by atoms with Gasteiger partial charge in [-0.2, -0.15) is 0 Å². The minimum Gasteiger partial charge on any atom is -0.493 e. The van der Waals surface area contributed by atoms with Gasteiger partial charge in [-0.15, -0.1) is 0 Å². The molecule has 0 aromatic heterocycles. The van der Waals surface area contributed by atoms with E-state index in [1.807, 2.05) is 23.1 Å². The lowest BCUT2D eigenvalue weighted by atomic mass is 10.2. The lowest BCUT2D eigenvalue weighted by Crippen LogP contribution is -2.34. The Morgan fingerprint density at radius 2 is 2.06 bits per heavy atom. The molecule has 0 saturated carbocycles. The van der Waals surface area contributed by atoms with Gasteiger partial charge in [0, 0.05) is 18.8 Å². The number of nitrogens with zero attached hydrogens (tertiary/aromatic N) is 1. The van der Waals surface area contributed by atoms with E-state index in [1.165, 1.54) is 0 Å². The van der Waals surface area contributed by atoms with Gasteiger partial charge in [0.05, 0.1) is 13.0 Å². The molecule has 4 heteroatoms. The van der Waals surface area contributed by atoms with Crippen molar-refractivity contribution in [3.63, 3.8) is 0 Å². The standard InChI is InChI=1S/C14H18N2O2/c15-12-4-6-13(7-5-12)18-11-8-14(17)16-9-2-1-3-10-16/h1-2,4-7H,3,8-11,15H2. The first-order valence-electron chi connectivity index (χ1n) is 6.17. The van der Waals surface area contributed by atoms with Crippen molar-refractivity contribution in [2.24, 2.45) is 0 Å². The Morgan fingerprint density at radius 1 is 1.28 bits per heavy atom. The molecule has 1 aromatic carbocycles. The molecular formula is C14H18N2O2. The molecule has 0 unspecified atom stereocenters. The highest BCUT2D eigenvalue weighted by Gasteiger charge is 2.13. The van der Waals surface area contributed by atoms with Crippen molar-refractivity contribution in [2.75, 3.05) is 25.4 Å². The normalized spacial score (nSPS) is 14.6. The number of nitrogens with two attached hydrogens (primary N) is 1. The van der Waals surface area contributed by atoms with Gasteiger partial charge in [0.1, 0.15) is 5.75 Å². The van der Waals surface area contributed by atoms with Crippen LogP contribution in [0.5, 0.6) is 5.75 Å². The van der Waals surface area contributed by atoms with Crippen LogP contribution in [0, 0.1) is 0 Å². The summed E-state index contributed by atoms with van der Waals surface area (Å²) in [7, 11) is 0. The van der Waals surface area contributed by atoms with Crippen LogP contribution in [0.1, 0.15) is 12.8 Å². The van der Waals surface area contributed by atoms with Gasteiger partial charge in [-0.1, -0.05) is 12.2 Å². The number of anilines is 1. The Balaban J connectivity index is 1.73. The minimum absolute atomic E-state index is 0.148. The van der Waals surface area contributed by atoms with Gasteiger partial charge >= 0.3 is 0 Å². The quantitative estimate of drug-likeness (QED) is 0.651. The predicted molar refractivity (Wildman–Crippen MR) is 71.3 cm³/mol. The molecule has 0 aliphatic carbocycles. The molecule has 2 N–H and O–H groups in total. The maximum atomic E-state index is 11.8. The monoisotopic (exact) mass is 246 g/mol. The van der Waals surface area contributed by atoms with Gasteiger partial charge < -0.3 is 15.4 Å². The SMILES string of the molecule is Nc1ccc(OCCC(=O)N2CC=CCC2)cc1. The summed E-state index contributed by atoms with van der Waals surface area (Å²) < 4.78 is 5.50. The van der Waals surface area contributed by atoms with E-state index >= 15 is 0 Å². The van der Waals surface area contributed by atoms with Crippen LogP contribution in [0.3, 0.4) is 0 Å². The molecule has 0 spiro atoms. The van der Waals surface area contributed by atoms with E-state index < -0.39 is 0 Å². The number of ether oxygens (including phenoxy) is 1. The van der Waals surface area contributed by atoms with E-state index in [9.17, 15) is 4.79 Å². The van der Waals surface area contributed by atoms with Crippen LogP contribution in [-0.4, -0.2) is 30.5 Å². The zero-order valence-corrected chi connectivity index (χ0v) is 10.3. The topological polar surface area (TPSA) is 55.6 Å². The van der Waals surface area contributed by atoms with Gasteiger partial charge in [0.25, 0.3) is 0 Å². The molecule has 1 aliphatic heterocycles. The average molecular weight is 246 g/mol. The van der Waals surface area contributed by atoms with Crippen LogP contribution < -0.4 is 10.5 Å². The fraction of sp³-hybridized carbons (Fsp3) is 0.357. The maximum absolute atomic E-state index is 11.8. The average Bonchev–Trinajstić information content (AvgIpc) is 2.42. The summed E-state index contributed by atoms with van der Waals surface area (Å²) in [4.78, 5) is 13.7. The number of hydrogen-bond acceptors (Lipinski definition) is 3. The van der Waals surface area contributed by atoms with E-state index in [2.05, 4.69) is 6.08 Å². The van der Waals surface area contributed by atoms with Crippen LogP contribution in [0.15, 0.2) is 36.4 Å². The zero-order chi connectivity index (χ0) is 12.8. The summed E-state index contributed by atoms with van der Waals surface area (Å²) >= 11 is 0. The Bertz CT molecular complexity index is 426. The van der Waals surface area contributed by atoms with Crippen LogP contribution >= 0.6 is 0 Å². The van der Waals surface area contributed by atoms with Gasteiger partial charge in [-0.3, -0.25) is 4.79 Å². The summed E-state index contributed by atoms with van der Waals surface area (Å²) in [6.07, 6.45) is 5.50. The molecular weight excluding hydrogens is 228 g/mol. The Labute approximate surface area is 107 Å². The van der Waals surface area contributed by atoms with Crippen molar-refractivity contribution < 1.29 is 9.53 Å². The zero-order valence-electron chi connectivity index (χ0n) is 10.3. The Morgan fingerprint density at radius 3 is 2.72 bits per heavy atom. The fourth-order valence-corrected chi connectivity index (χ4v) is 1.85. The van der Waals surface area contributed by atoms with Gasteiger partial charge in [-0.25, -0.2) is 0 Å². The third-order valence-electron chi connectivity index (χ3n) is 2.88. The summed E-state index contributed by atoms with van der Waals surface area (Å²) in [6, 6.07) is 7.19. The summed E-state index contributed by atoms with van der Waals surface area (Å²) in [5, 5.41) is 0. The molecule has 96 valence electrons. The van der Waals surface area contributed by atoms with Gasteiger partial charge in [0.2, 0.25) is 5.91 Å². The van der Waals surface area contributed by atoms with Crippen molar-refractivity contribution in [1.29, 1.82) is 0 Å². The summed E-state index contributed by atoms with van der Waals surface area (Å²) in [6.45, 7) is 1.95. The summed E-state index contributed by atoms with van der Waals surface area (Å²) in [5.74, 6) is 0.894. The molecule has 2 rings (SSSR count). The van der Waals surface area contributed by atoms with Crippen molar-refractivity contribution in [2.45, 2.75) is 12.8 Å². The molecule has 4 nitrogen and oxygen atoms in total. The van der Waals surface area contributed by atoms with Crippen molar-refractivity contribution >= 4 is 11.6 Å². The van der Waals surface area contributed by atoms with E-state index in [4.69, 9.17) is 10.5 Å². The molecule has 1 amide bonds. The highest BCUT2D eigenvalue weighted by Crippen LogP contribution is 2.13. The molecule has 0 fully saturated rings. The number of carbonyl (C=O) groups excluding carboxylic acids is 1. The molecule has 0 atom stereocenters. The molecule has 18 heavy (non-hydrogen) atoms. The number of amides is 1. The van der Waals surface area contributed by atoms with Crippen molar-refractivity contribution in [1.82, 2.24) is 4.90 Å². The molecule has 1 aromatic rings. The van der Waals surface area contributed by atoms with E-state index in [-0.39, 0.29) is 5.91 Å². The first-order chi connectivity index (χ1) is 8.75. The molecule has 0 radical (unpaired) electrons. The highest BCUT2D eigenvalue weighted by molar-refractivity contribution is 5.76.